The number of likely N-dealkylation sites (tertiary alicyclic amines) is 1. The number of aromatic nitrogens is 1. The first-order valence-electron chi connectivity index (χ1n) is 15.3. The molecule has 1 saturated heterocycles. The summed E-state index contributed by atoms with van der Waals surface area (Å²) >= 11 is 0. The Kier molecular flexibility index (Phi) is 9.78. The number of aryl methyl sites for hydroxylation is 2. The molecular weight excluding hydrogens is 538 g/mol. The first-order chi connectivity index (χ1) is 19.8. The van der Waals surface area contributed by atoms with Gasteiger partial charge in [0.05, 0.1) is 6.20 Å². The molecule has 6 rings (SSSR count). The third kappa shape index (κ3) is 6.62. The third-order valence-corrected chi connectivity index (χ3v) is 9.57. The molecule has 3 heterocycles. The van der Waals surface area contributed by atoms with E-state index in [1.54, 1.807) is 6.92 Å². The standard InChI is InChI=1S/C35H41FN2O3.Na/c1-21-16-30(31(36)19-37-21)26-11-13-29(28(17-26)20-38-15-5-4-6-22(38)2)32-14-12-24-7-10-27(18-33(24)41-32)34(25-8-9-25)23(3)35(39)40;/h7,10-11,13,16-19,22-23,25,32,34H,4-6,8-9,12,14-15,20H2,1-3H3,(H,39,40);/q;+1/p-1/t22-,23+,32?,34+;/m1./s1. The summed E-state index contributed by atoms with van der Waals surface area (Å²) in [6.07, 6.45) is 8.70. The van der Waals surface area contributed by atoms with Crippen LogP contribution in [0.3, 0.4) is 0 Å². The summed E-state index contributed by atoms with van der Waals surface area (Å²) < 4.78 is 21.6. The molecule has 0 spiro atoms. The van der Waals surface area contributed by atoms with E-state index in [-0.39, 0.29) is 47.4 Å². The number of carboxylic acids is 1. The Labute approximate surface area is 271 Å². The predicted molar refractivity (Wildman–Crippen MR) is 156 cm³/mol. The number of carbonyl (C=O) groups excluding carboxylic acids is 1. The fourth-order valence-corrected chi connectivity index (χ4v) is 6.98. The number of nitrogens with zero attached hydrogens (tertiary/aromatic N) is 2. The molecule has 216 valence electrons. The summed E-state index contributed by atoms with van der Waals surface area (Å²) in [6.45, 7) is 7.81. The third-order valence-electron chi connectivity index (χ3n) is 9.57. The molecule has 0 amide bonds. The van der Waals surface area contributed by atoms with E-state index in [0.717, 1.165) is 72.5 Å². The van der Waals surface area contributed by atoms with E-state index in [1.165, 1.54) is 31.0 Å². The summed E-state index contributed by atoms with van der Waals surface area (Å²) in [5.41, 5.74) is 6.75. The van der Waals surface area contributed by atoms with Gasteiger partial charge in [0.1, 0.15) is 17.7 Å². The number of hydrogen-bond acceptors (Lipinski definition) is 5. The van der Waals surface area contributed by atoms with Gasteiger partial charge in [-0.05, 0) is 117 Å². The number of piperidine rings is 1. The van der Waals surface area contributed by atoms with Gasteiger partial charge in [0.15, 0.2) is 0 Å². The van der Waals surface area contributed by atoms with Gasteiger partial charge in [0.2, 0.25) is 0 Å². The number of ether oxygens (including phenoxy) is 1. The van der Waals surface area contributed by atoms with Crippen LogP contribution in [0.25, 0.3) is 11.1 Å². The summed E-state index contributed by atoms with van der Waals surface area (Å²) in [5, 5.41) is 11.8. The van der Waals surface area contributed by atoms with Crippen LogP contribution in [0, 0.1) is 24.6 Å². The number of aliphatic carboxylic acids is 1. The molecule has 1 unspecified atom stereocenters. The summed E-state index contributed by atoms with van der Waals surface area (Å²) in [7, 11) is 0. The van der Waals surface area contributed by atoms with Crippen molar-refractivity contribution >= 4 is 5.97 Å². The van der Waals surface area contributed by atoms with Crippen LogP contribution in [0.4, 0.5) is 4.39 Å². The van der Waals surface area contributed by atoms with Crippen molar-refractivity contribution in [2.75, 3.05) is 6.54 Å². The van der Waals surface area contributed by atoms with Gasteiger partial charge >= 0.3 is 29.6 Å². The number of benzene rings is 2. The van der Waals surface area contributed by atoms with Crippen LogP contribution >= 0.6 is 0 Å². The Balaban J connectivity index is 0.00000353. The topological polar surface area (TPSA) is 65.5 Å². The molecule has 1 saturated carbocycles. The van der Waals surface area contributed by atoms with Gasteiger partial charge in [0, 0.05) is 35.7 Å². The fraction of sp³-hybridized carbons (Fsp3) is 0.486. The van der Waals surface area contributed by atoms with Gasteiger partial charge in [-0.1, -0.05) is 37.6 Å². The molecule has 1 aliphatic carbocycles. The molecule has 3 aliphatic rings. The molecule has 1 aromatic heterocycles. The van der Waals surface area contributed by atoms with Crippen LogP contribution in [0.1, 0.15) is 92.3 Å². The van der Waals surface area contributed by atoms with Gasteiger partial charge < -0.3 is 14.6 Å². The van der Waals surface area contributed by atoms with Crippen molar-refractivity contribution in [3.63, 3.8) is 0 Å². The summed E-state index contributed by atoms with van der Waals surface area (Å²) in [6, 6.07) is 14.9. The molecule has 0 radical (unpaired) electrons. The maximum absolute atomic E-state index is 14.9. The molecule has 2 aromatic carbocycles. The Hall–Kier alpha value is -2.25. The van der Waals surface area contributed by atoms with Crippen LogP contribution < -0.4 is 39.4 Å². The van der Waals surface area contributed by atoms with E-state index in [2.05, 4.69) is 47.1 Å². The van der Waals surface area contributed by atoms with Crippen molar-refractivity contribution in [1.29, 1.82) is 0 Å². The SMILES string of the molecule is Cc1cc(-c2ccc(C3CCc4ccc([C@H](C5CC5)[C@H](C)C(=O)[O-])cc4O3)c(CN3CCCC[C@H]3C)c2)c(F)cn1.[Na+]. The van der Waals surface area contributed by atoms with E-state index in [9.17, 15) is 14.3 Å². The van der Waals surface area contributed by atoms with E-state index < -0.39 is 11.9 Å². The minimum atomic E-state index is -0.990. The summed E-state index contributed by atoms with van der Waals surface area (Å²) in [5.74, 6) is -0.649. The number of halogens is 1. The quantitative estimate of drug-likeness (QED) is 0.383. The van der Waals surface area contributed by atoms with Gasteiger partial charge in [-0.25, -0.2) is 4.39 Å². The van der Waals surface area contributed by atoms with Crippen molar-refractivity contribution in [3.8, 4) is 16.9 Å². The number of fused-ring (bicyclic) bond motifs is 1. The maximum atomic E-state index is 14.9. The molecule has 0 bridgehead atoms. The van der Waals surface area contributed by atoms with E-state index in [4.69, 9.17) is 4.74 Å². The van der Waals surface area contributed by atoms with Gasteiger partial charge in [-0.3, -0.25) is 9.88 Å². The van der Waals surface area contributed by atoms with Gasteiger partial charge in [-0.15, -0.1) is 0 Å². The monoisotopic (exact) mass is 578 g/mol. The first kappa shape index (κ1) is 31.2. The Morgan fingerprint density at radius 2 is 1.93 bits per heavy atom. The van der Waals surface area contributed by atoms with E-state index in [1.807, 2.05) is 19.1 Å². The molecule has 4 atom stereocenters. The van der Waals surface area contributed by atoms with Gasteiger partial charge in [-0.2, -0.15) is 0 Å². The second-order valence-corrected chi connectivity index (χ2v) is 12.5. The number of rotatable bonds is 8. The Morgan fingerprint density at radius 3 is 2.67 bits per heavy atom. The number of hydrogen-bond donors (Lipinski definition) is 0. The maximum Gasteiger partial charge on any atom is 1.00 e. The van der Waals surface area contributed by atoms with Crippen molar-refractivity contribution in [3.05, 3.63) is 82.4 Å². The second-order valence-electron chi connectivity index (χ2n) is 12.5. The van der Waals surface area contributed by atoms with E-state index in [0.29, 0.717) is 17.5 Å². The Morgan fingerprint density at radius 1 is 1.12 bits per heavy atom. The normalized spacial score (nSPS) is 21.9. The second kappa shape index (κ2) is 13.2. The Bertz CT molecular complexity index is 1440. The molecule has 3 aromatic rings. The molecule has 2 aliphatic heterocycles. The van der Waals surface area contributed by atoms with Crippen LogP contribution in [0.15, 0.2) is 48.7 Å². The van der Waals surface area contributed by atoms with E-state index >= 15 is 0 Å². The van der Waals surface area contributed by atoms with Crippen molar-refractivity contribution in [2.24, 2.45) is 11.8 Å². The number of carboxylic acid groups (broad SMARTS) is 1. The van der Waals surface area contributed by atoms with Crippen LogP contribution in [0.5, 0.6) is 5.75 Å². The van der Waals surface area contributed by atoms with Gasteiger partial charge in [0.25, 0.3) is 0 Å². The molecule has 42 heavy (non-hydrogen) atoms. The van der Waals surface area contributed by atoms with Crippen molar-refractivity contribution in [2.45, 2.75) is 90.3 Å². The smallest absolute Gasteiger partial charge is 0.550 e. The zero-order valence-corrected chi connectivity index (χ0v) is 27.4. The molecule has 2 fully saturated rings. The minimum Gasteiger partial charge on any atom is -0.550 e. The average molecular weight is 579 g/mol. The summed E-state index contributed by atoms with van der Waals surface area (Å²) in [4.78, 5) is 18.4. The fourth-order valence-electron chi connectivity index (χ4n) is 6.98. The largest absolute Gasteiger partial charge is 1.00 e. The van der Waals surface area contributed by atoms with Crippen molar-refractivity contribution < 1.29 is 48.6 Å². The first-order valence-corrected chi connectivity index (χ1v) is 15.3. The zero-order chi connectivity index (χ0) is 28.7. The van der Waals surface area contributed by atoms with Crippen LogP contribution in [0.2, 0.25) is 0 Å². The predicted octanol–water partition coefficient (Wildman–Crippen LogP) is 3.52. The minimum absolute atomic E-state index is 0. The number of pyridine rings is 1. The molecule has 0 N–H and O–H groups in total. The van der Waals surface area contributed by atoms with Crippen LogP contribution in [-0.2, 0) is 17.8 Å². The molecule has 5 nitrogen and oxygen atoms in total. The molecular formula is C35H40FN2NaO3. The van der Waals surface area contributed by atoms with Crippen molar-refractivity contribution in [1.82, 2.24) is 9.88 Å². The molecule has 7 heteroatoms. The number of carbonyl (C=O) groups is 1. The zero-order valence-electron chi connectivity index (χ0n) is 25.4. The average Bonchev–Trinajstić information content (AvgIpc) is 3.80. The van der Waals surface area contributed by atoms with Crippen LogP contribution in [-0.4, -0.2) is 28.4 Å².